The molecule has 4 aromatic rings. The average molecular weight is 282 g/mol. The first-order valence-electron chi connectivity index (χ1n) is 6.43. The van der Waals surface area contributed by atoms with E-state index >= 15 is 0 Å². The Kier molecular flexibility index (Phi) is 2.26. The molecule has 0 unspecified atom stereocenters. The summed E-state index contributed by atoms with van der Waals surface area (Å²) in [5, 5.41) is 0.813. The van der Waals surface area contributed by atoms with Gasteiger partial charge in [-0.15, -0.1) is 4.68 Å². The van der Waals surface area contributed by atoms with Crippen LogP contribution in [0.1, 0.15) is 10.5 Å². The fraction of sp³-hybridized carbons (Fsp3) is 0.143. The molecule has 0 saturated carbocycles. The maximum Gasteiger partial charge on any atom is 0.409 e. The van der Waals surface area contributed by atoms with Crippen LogP contribution in [0.15, 0.2) is 36.7 Å². The Balaban J connectivity index is 2.36. The van der Waals surface area contributed by atoms with Crippen molar-refractivity contribution in [1.82, 2.24) is 19.2 Å². The van der Waals surface area contributed by atoms with Crippen LogP contribution in [0.25, 0.3) is 22.2 Å². The Labute approximate surface area is 119 Å². The molecule has 3 aromatic heterocycles. The summed E-state index contributed by atoms with van der Waals surface area (Å²) in [7, 11) is 3.21. The van der Waals surface area contributed by atoms with Crippen LogP contribution in [0.4, 0.5) is 0 Å². The van der Waals surface area contributed by atoms with Gasteiger partial charge < -0.3 is 4.74 Å². The van der Waals surface area contributed by atoms with Crippen LogP contribution in [-0.4, -0.2) is 32.2 Å². The van der Waals surface area contributed by atoms with Gasteiger partial charge in [-0.05, 0) is 12.1 Å². The van der Waals surface area contributed by atoms with Crippen molar-refractivity contribution in [3.05, 3.63) is 42.4 Å². The molecule has 0 aliphatic heterocycles. The predicted octanol–water partition coefficient (Wildman–Crippen LogP) is 0.746. The molecule has 0 fully saturated rings. The van der Waals surface area contributed by atoms with Gasteiger partial charge in [0.15, 0.2) is 0 Å². The van der Waals surface area contributed by atoms with Gasteiger partial charge in [0.2, 0.25) is 11.3 Å². The minimum Gasteiger partial charge on any atom is -0.461 e. The minimum absolute atomic E-state index is 0.399. The Morgan fingerprint density at radius 3 is 2.67 bits per heavy atom. The first-order chi connectivity index (χ1) is 10.2. The molecule has 0 saturated heterocycles. The minimum atomic E-state index is -0.399. The maximum atomic E-state index is 12.2. The van der Waals surface area contributed by atoms with Crippen molar-refractivity contribution < 1.29 is 14.2 Å². The van der Waals surface area contributed by atoms with E-state index in [1.165, 1.54) is 7.11 Å². The number of rotatable bonds is 1. The lowest BCUT2D eigenvalue weighted by Crippen LogP contribution is -2.40. The van der Waals surface area contributed by atoms with Crippen LogP contribution >= 0.6 is 0 Å². The molecule has 7 nitrogen and oxygen atoms in total. The van der Waals surface area contributed by atoms with E-state index in [0.717, 1.165) is 10.9 Å². The number of methoxy groups -OCH3 is 1. The molecule has 7 heteroatoms. The topological polar surface area (TPSA) is 65.5 Å². The zero-order valence-electron chi connectivity index (χ0n) is 11.5. The molecule has 4 rings (SSSR count). The molecule has 0 aliphatic carbocycles. The highest BCUT2D eigenvalue weighted by atomic mass is 16.5. The lowest BCUT2D eigenvalue weighted by molar-refractivity contribution is -0.694. The van der Waals surface area contributed by atoms with Gasteiger partial charge in [0.05, 0.1) is 19.5 Å². The van der Waals surface area contributed by atoms with Gasteiger partial charge in [-0.1, -0.05) is 16.6 Å². The SMILES string of the molecule is COC(=O)c1c2ccccc2n2c3nccnc3n(C)[n+]12. The third-order valence-corrected chi connectivity index (χ3v) is 3.61. The lowest BCUT2D eigenvalue weighted by atomic mass is 10.2. The largest absolute Gasteiger partial charge is 0.461 e. The number of benzene rings is 1. The number of hydrogen-bond donors (Lipinski definition) is 0. The molecule has 3 heterocycles. The summed E-state index contributed by atoms with van der Waals surface area (Å²) in [6.07, 6.45) is 3.26. The van der Waals surface area contributed by atoms with Gasteiger partial charge in [0, 0.05) is 17.0 Å². The number of fused-ring (bicyclic) bond motifs is 5. The second-order valence-electron chi connectivity index (χ2n) is 4.69. The monoisotopic (exact) mass is 282 g/mol. The Bertz CT molecular complexity index is 1010. The number of esters is 1. The van der Waals surface area contributed by atoms with E-state index < -0.39 is 5.97 Å². The summed E-state index contributed by atoms with van der Waals surface area (Å²) in [6, 6.07) is 7.65. The van der Waals surface area contributed by atoms with Crippen LogP contribution in [0.5, 0.6) is 0 Å². The quantitative estimate of drug-likeness (QED) is 0.381. The molecule has 0 aliphatic rings. The first-order valence-corrected chi connectivity index (χ1v) is 6.43. The first kappa shape index (κ1) is 11.8. The Morgan fingerprint density at radius 2 is 1.90 bits per heavy atom. The third kappa shape index (κ3) is 1.37. The van der Waals surface area contributed by atoms with Crippen molar-refractivity contribution in [1.29, 1.82) is 0 Å². The van der Waals surface area contributed by atoms with Crippen LogP contribution in [-0.2, 0) is 11.8 Å². The smallest absolute Gasteiger partial charge is 0.409 e. The molecule has 0 amide bonds. The zero-order valence-corrected chi connectivity index (χ0v) is 11.5. The van der Waals surface area contributed by atoms with Crippen molar-refractivity contribution in [3.8, 4) is 0 Å². The van der Waals surface area contributed by atoms with Crippen molar-refractivity contribution in [3.63, 3.8) is 0 Å². The van der Waals surface area contributed by atoms with E-state index in [0.29, 0.717) is 17.0 Å². The standard InChI is InChI=1S/C14H12N5O2/c1-17-12-13(16-8-7-15-12)18-10-6-4-3-5-9(10)11(19(17)18)14(20)21-2/h3-8H,1-2H3/q+1. The van der Waals surface area contributed by atoms with Gasteiger partial charge in [-0.2, -0.15) is 0 Å². The Hall–Kier alpha value is -2.96. The summed E-state index contributed by atoms with van der Waals surface area (Å²) in [5.74, 6) is -0.399. The van der Waals surface area contributed by atoms with E-state index in [1.807, 2.05) is 35.8 Å². The predicted molar refractivity (Wildman–Crippen MR) is 74.0 cm³/mol. The summed E-state index contributed by atoms with van der Waals surface area (Å²) >= 11 is 0. The Morgan fingerprint density at radius 1 is 1.19 bits per heavy atom. The molecule has 0 spiro atoms. The van der Waals surface area contributed by atoms with Crippen LogP contribution in [0.3, 0.4) is 0 Å². The highest BCUT2D eigenvalue weighted by Gasteiger charge is 2.33. The fourth-order valence-corrected chi connectivity index (χ4v) is 2.74. The summed E-state index contributed by atoms with van der Waals surface area (Å²) in [4.78, 5) is 20.9. The number of hydrogen-bond acceptors (Lipinski definition) is 4. The average Bonchev–Trinajstić information content (AvgIpc) is 3.01. The molecular weight excluding hydrogens is 270 g/mol. The molecule has 104 valence electrons. The normalized spacial score (nSPS) is 11.5. The highest BCUT2D eigenvalue weighted by molar-refractivity contribution is 6.01. The maximum absolute atomic E-state index is 12.2. The van der Waals surface area contributed by atoms with E-state index in [1.54, 1.807) is 21.7 Å². The number of carbonyl (C=O) groups is 1. The number of para-hydroxylation sites is 1. The van der Waals surface area contributed by atoms with Crippen molar-refractivity contribution in [2.75, 3.05) is 7.11 Å². The molecule has 0 bridgehead atoms. The highest BCUT2D eigenvalue weighted by Crippen LogP contribution is 2.20. The molecular formula is C14H12N5O2+. The van der Waals surface area contributed by atoms with Crippen LogP contribution in [0, 0.1) is 0 Å². The lowest BCUT2D eigenvalue weighted by Gasteiger charge is -1.92. The molecule has 0 atom stereocenters. The second kappa shape index (κ2) is 4.02. The summed E-state index contributed by atoms with van der Waals surface area (Å²) in [6.45, 7) is 0. The number of ether oxygens (including phenoxy) is 1. The van der Waals surface area contributed by atoms with Gasteiger partial charge in [-0.25, -0.2) is 14.8 Å². The van der Waals surface area contributed by atoms with Crippen molar-refractivity contribution >= 4 is 28.2 Å². The van der Waals surface area contributed by atoms with Gasteiger partial charge >= 0.3 is 11.7 Å². The molecule has 0 radical (unpaired) electrons. The van der Waals surface area contributed by atoms with E-state index in [2.05, 4.69) is 9.97 Å². The van der Waals surface area contributed by atoms with Crippen LogP contribution in [0.2, 0.25) is 0 Å². The van der Waals surface area contributed by atoms with E-state index in [-0.39, 0.29) is 0 Å². The van der Waals surface area contributed by atoms with Gasteiger partial charge in [0.25, 0.3) is 0 Å². The van der Waals surface area contributed by atoms with E-state index in [9.17, 15) is 4.79 Å². The zero-order chi connectivity index (χ0) is 14.6. The molecule has 0 N–H and O–H groups in total. The third-order valence-electron chi connectivity index (χ3n) is 3.61. The number of aromatic nitrogens is 5. The van der Waals surface area contributed by atoms with Crippen molar-refractivity contribution in [2.45, 2.75) is 0 Å². The second-order valence-corrected chi connectivity index (χ2v) is 4.69. The van der Waals surface area contributed by atoms with Gasteiger partial charge in [-0.3, -0.25) is 0 Å². The van der Waals surface area contributed by atoms with Crippen molar-refractivity contribution in [2.24, 2.45) is 7.05 Å². The van der Waals surface area contributed by atoms with Crippen LogP contribution < -0.4 is 4.63 Å². The molecule has 21 heavy (non-hydrogen) atoms. The molecule has 1 aromatic carbocycles. The number of carbonyl (C=O) groups excluding carboxylic acids is 1. The summed E-state index contributed by atoms with van der Waals surface area (Å²) < 4.78 is 10.3. The number of aryl methyl sites for hydroxylation is 1. The fourth-order valence-electron chi connectivity index (χ4n) is 2.74. The number of nitrogens with zero attached hydrogens (tertiary/aromatic N) is 5. The summed E-state index contributed by atoms with van der Waals surface area (Å²) in [5.41, 5.74) is 2.71. The van der Waals surface area contributed by atoms with E-state index in [4.69, 9.17) is 4.74 Å². The van der Waals surface area contributed by atoms with Gasteiger partial charge in [0.1, 0.15) is 5.52 Å².